The fourth-order valence-electron chi connectivity index (χ4n) is 3.48. The maximum Gasteiger partial charge on any atom is 0.123 e. The minimum atomic E-state index is -0.255. The topological polar surface area (TPSA) is 42.7 Å². The summed E-state index contributed by atoms with van der Waals surface area (Å²) in [7, 11) is 0. The van der Waals surface area contributed by atoms with Crippen LogP contribution in [-0.2, 0) is 6.54 Å². The van der Waals surface area contributed by atoms with Crippen molar-refractivity contribution in [1.29, 1.82) is 0 Å². The van der Waals surface area contributed by atoms with E-state index in [9.17, 15) is 4.39 Å². The van der Waals surface area contributed by atoms with Crippen LogP contribution in [0.2, 0.25) is 0 Å². The lowest BCUT2D eigenvalue weighted by Crippen LogP contribution is -2.26. The van der Waals surface area contributed by atoms with Crippen molar-refractivity contribution < 1.29 is 4.39 Å². The van der Waals surface area contributed by atoms with Gasteiger partial charge in [-0.15, -0.1) is 0 Å². The minimum absolute atomic E-state index is 0.0695. The van der Waals surface area contributed by atoms with Gasteiger partial charge in [0, 0.05) is 30.1 Å². The molecule has 0 aliphatic rings. The highest BCUT2D eigenvalue weighted by Crippen LogP contribution is 2.33. The molecule has 1 atom stereocenters. The highest BCUT2D eigenvalue weighted by atomic mass is 19.1. The van der Waals surface area contributed by atoms with E-state index in [0.29, 0.717) is 0 Å². The molecule has 1 unspecified atom stereocenters. The molecule has 4 rings (SSSR count). The molecule has 1 N–H and O–H groups in total. The second kappa shape index (κ2) is 8.80. The molecule has 0 bridgehead atoms. The molecule has 2 heterocycles. The van der Waals surface area contributed by atoms with E-state index in [2.05, 4.69) is 33.9 Å². The highest BCUT2D eigenvalue weighted by molar-refractivity contribution is 5.78. The average Bonchev–Trinajstić information content (AvgIpc) is 3.21. The predicted molar refractivity (Wildman–Crippen MR) is 113 cm³/mol. The number of hydrogen-bond donors (Lipinski definition) is 1. The van der Waals surface area contributed by atoms with E-state index in [1.165, 1.54) is 17.7 Å². The Morgan fingerprint density at radius 1 is 0.931 bits per heavy atom. The maximum atomic E-state index is 13.4. The Hall–Kier alpha value is -3.31. The summed E-state index contributed by atoms with van der Waals surface area (Å²) >= 11 is 0. The smallest absolute Gasteiger partial charge is 0.123 e. The number of hydrogen-bond acceptors (Lipinski definition) is 3. The van der Waals surface area contributed by atoms with Crippen LogP contribution in [0.5, 0.6) is 0 Å². The van der Waals surface area contributed by atoms with E-state index >= 15 is 0 Å². The van der Waals surface area contributed by atoms with Crippen LogP contribution in [0.1, 0.15) is 25.1 Å². The van der Waals surface area contributed by atoms with E-state index in [-0.39, 0.29) is 12.0 Å². The lowest BCUT2D eigenvalue weighted by atomic mass is 10.1. The largest absolute Gasteiger partial charge is 0.314 e. The molecule has 0 saturated carbocycles. The van der Waals surface area contributed by atoms with E-state index in [1.807, 2.05) is 36.7 Å². The Morgan fingerprint density at radius 2 is 1.66 bits per heavy atom. The summed E-state index contributed by atoms with van der Waals surface area (Å²) in [4.78, 5) is 8.84. The molecule has 0 amide bonds. The molecule has 0 aliphatic carbocycles. The normalized spacial score (nSPS) is 12.1. The first-order valence-corrected chi connectivity index (χ1v) is 9.76. The average molecular weight is 386 g/mol. The Bertz CT molecular complexity index is 1040. The third kappa shape index (κ3) is 4.25. The number of nitrogens with zero attached hydrogens (tertiary/aromatic N) is 3. The highest BCUT2D eigenvalue weighted by Gasteiger charge is 2.19. The molecule has 0 aliphatic heterocycles. The summed E-state index contributed by atoms with van der Waals surface area (Å²) in [6.45, 7) is 2.91. The van der Waals surface area contributed by atoms with Gasteiger partial charge >= 0.3 is 0 Å². The Balaban J connectivity index is 1.73. The summed E-state index contributed by atoms with van der Waals surface area (Å²) in [6, 6.07) is 20.8. The first-order chi connectivity index (χ1) is 14.3. The Kier molecular flexibility index (Phi) is 5.77. The summed E-state index contributed by atoms with van der Waals surface area (Å²) in [5, 5.41) is 3.63. The molecule has 2 aromatic heterocycles. The van der Waals surface area contributed by atoms with Crippen molar-refractivity contribution in [2.45, 2.75) is 26.1 Å². The van der Waals surface area contributed by atoms with Crippen LogP contribution in [0.25, 0.3) is 22.5 Å². The Labute approximate surface area is 170 Å². The van der Waals surface area contributed by atoms with Gasteiger partial charge in [-0.2, -0.15) is 0 Å². The second-order valence-electron chi connectivity index (χ2n) is 6.88. The number of rotatable bonds is 7. The summed E-state index contributed by atoms with van der Waals surface area (Å²) in [5.74, 6) is -0.255. The zero-order valence-electron chi connectivity index (χ0n) is 16.3. The van der Waals surface area contributed by atoms with Crippen LogP contribution in [0.3, 0.4) is 0 Å². The molecule has 2 aromatic carbocycles. The van der Waals surface area contributed by atoms with Crippen LogP contribution in [-0.4, -0.2) is 14.5 Å². The number of halogens is 1. The first-order valence-electron chi connectivity index (χ1n) is 9.76. The van der Waals surface area contributed by atoms with Crippen molar-refractivity contribution in [3.8, 4) is 22.5 Å². The van der Waals surface area contributed by atoms with Crippen LogP contribution in [0, 0.1) is 5.82 Å². The lowest BCUT2D eigenvalue weighted by Gasteiger charge is -2.22. The van der Waals surface area contributed by atoms with Gasteiger partial charge in [-0.1, -0.05) is 37.3 Å². The zero-order chi connectivity index (χ0) is 20.1. The standard InChI is InChI=1S/C24H23FN4/c1-2-22(27-16-18-6-4-3-5-7-18)29-17-28-23(19-8-10-21(25)11-9-19)24(29)20-12-14-26-15-13-20/h3-15,17,22,27H,2,16H2,1H3. The molecule has 0 saturated heterocycles. The van der Waals surface area contributed by atoms with E-state index in [1.54, 1.807) is 24.5 Å². The fraction of sp³-hybridized carbons (Fsp3) is 0.167. The number of aromatic nitrogens is 3. The Morgan fingerprint density at radius 3 is 2.34 bits per heavy atom. The van der Waals surface area contributed by atoms with Crippen molar-refractivity contribution in [2.24, 2.45) is 0 Å². The van der Waals surface area contributed by atoms with Crippen LogP contribution in [0.4, 0.5) is 4.39 Å². The van der Waals surface area contributed by atoms with Gasteiger partial charge in [0.25, 0.3) is 0 Å². The van der Waals surface area contributed by atoms with Crippen molar-refractivity contribution >= 4 is 0 Å². The zero-order valence-corrected chi connectivity index (χ0v) is 16.3. The van der Waals surface area contributed by atoms with Crippen molar-refractivity contribution in [3.63, 3.8) is 0 Å². The fourth-order valence-corrected chi connectivity index (χ4v) is 3.48. The van der Waals surface area contributed by atoms with E-state index in [0.717, 1.165) is 35.5 Å². The van der Waals surface area contributed by atoms with E-state index < -0.39 is 0 Å². The quantitative estimate of drug-likeness (QED) is 0.459. The number of pyridine rings is 1. The van der Waals surface area contributed by atoms with Gasteiger partial charge in [-0.25, -0.2) is 9.37 Å². The van der Waals surface area contributed by atoms with Crippen LogP contribution >= 0.6 is 0 Å². The summed E-state index contributed by atoms with van der Waals surface area (Å²) in [6.07, 6.45) is 6.38. The van der Waals surface area contributed by atoms with Crippen molar-refractivity contribution in [2.75, 3.05) is 0 Å². The molecular weight excluding hydrogens is 363 g/mol. The SMILES string of the molecule is CCC(NCc1ccccc1)n1cnc(-c2ccc(F)cc2)c1-c1ccncc1. The van der Waals surface area contributed by atoms with Gasteiger partial charge in [0.1, 0.15) is 5.82 Å². The molecule has 0 radical (unpaired) electrons. The molecule has 4 nitrogen and oxygen atoms in total. The third-order valence-electron chi connectivity index (χ3n) is 4.97. The molecule has 29 heavy (non-hydrogen) atoms. The molecule has 5 heteroatoms. The van der Waals surface area contributed by atoms with Gasteiger partial charge in [0.2, 0.25) is 0 Å². The molecule has 146 valence electrons. The van der Waals surface area contributed by atoms with Gasteiger partial charge in [0.05, 0.1) is 23.9 Å². The monoisotopic (exact) mass is 386 g/mol. The van der Waals surface area contributed by atoms with Crippen molar-refractivity contribution in [3.05, 3.63) is 96.8 Å². The summed E-state index contributed by atoms with van der Waals surface area (Å²) < 4.78 is 15.6. The van der Waals surface area contributed by atoms with Crippen LogP contribution in [0.15, 0.2) is 85.5 Å². The molecule has 0 fully saturated rings. The number of imidazole rings is 1. The maximum absolute atomic E-state index is 13.4. The summed E-state index contributed by atoms with van der Waals surface area (Å²) in [5.41, 5.74) is 4.96. The van der Waals surface area contributed by atoms with Gasteiger partial charge in [0.15, 0.2) is 0 Å². The number of benzene rings is 2. The van der Waals surface area contributed by atoms with Crippen molar-refractivity contribution in [1.82, 2.24) is 19.9 Å². The minimum Gasteiger partial charge on any atom is -0.314 e. The molecular formula is C24H23FN4. The van der Waals surface area contributed by atoms with Gasteiger partial charge in [-0.05, 0) is 48.4 Å². The lowest BCUT2D eigenvalue weighted by molar-refractivity contribution is 0.392. The first kappa shape index (κ1) is 19.0. The number of nitrogens with one attached hydrogen (secondary N) is 1. The van der Waals surface area contributed by atoms with E-state index in [4.69, 9.17) is 4.98 Å². The van der Waals surface area contributed by atoms with Crippen LogP contribution < -0.4 is 5.32 Å². The molecule has 0 spiro atoms. The van der Waals surface area contributed by atoms with Gasteiger partial charge < -0.3 is 4.57 Å². The third-order valence-corrected chi connectivity index (χ3v) is 4.97. The second-order valence-corrected chi connectivity index (χ2v) is 6.88. The predicted octanol–water partition coefficient (Wildman–Crippen LogP) is 5.45. The van der Waals surface area contributed by atoms with Gasteiger partial charge in [-0.3, -0.25) is 10.3 Å². The molecule has 4 aromatic rings.